The zero-order valence-corrected chi connectivity index (χ0v) is 16.0. The van der Waals surface area contributed by atoms with Crippen molar-refractivity contribution in [2.24, 2.45) is 11.8 Å². The first kappa shape index (κ1) is 18.0. The van der Waals surface area contributed by atoms with E-state index < -0.39 is 0 Å². The van der Waals surface area contributed by atoms with E-state index in [4.69, 9.17) is 0 Å². The molecule has 0 radical (unpaired) electrons. The summed E-state index contributed by atoms with van der Waals surface area (Å²) in [5, 5.41) is 9.05. The van der Waals surface area contributed by atoms with Crippen LogP contribution in [0.15, 0.2) is 35.7 Å². The number of likely N-dealkylation sites (tertiary alicyclic amines) is 1. The second-order valence-corrected chi connectivity index (χ2v) is 7.94. The first-order valence-electron chi connectivity index (χ1n) is 8.97. The maximum Gasteiger partial charge on any atom is 0.233 e. The first-order valence-corrected chi connectivity index (χ1v) is 9.96. The van der Waals surface area contributed by atoms with Gasteiger partial charge in [0.05, 0.1) is 11.4 Å². The van der Waals surface area contributed by atoms with E-state index in [2.05, 4.69) is 43.1 Å². The predicted octanol–water partition coefficient (Wildman–Crippen LogP) is 3.43. The van der Waals surface area contributed by atoms with Gasteiger partial charge in [0.1, 0.15) is 6.33 Å². The van der Waals surface area contributed by atoms with Crippen LogP contribution in [0.2, 0.25) is 0 Å². The lowest BCUT2D eigenvalue weighted by atomic mass is 9.92. The van der Waals surface area contributed by atoms with E-state index in [1.807, 2.05) is 21.6 Å². The Morgan fingerprint density at radius 2 is 1.96 bits per heavy atom. The van der Waals surface area contributed by atoms with Gasteiger partial charge in [0.25, 0.3) is 0 Å². The fourth-order valence-corrected chi connectivity index (χ4v) is 4.44. The zero-order chi connectivity index (χ0) is 17.8. The molecule has 1 fully saturated rings. The Labute approximate surface area is 153 Å². The van der Waals surface area contributed by atoms with Crippen molar-refractivity contribution >= 4 is 17.7 Å². The molecule has 1 amide bonds. The number of nitrogens with zero attached hydrogens (tertiary/aromatic N) is 4. The highest BCUT2D eigenvalue weighted by Crippen LogP contribution is 2.25. The van der Waals surface area contributed by atoms with E-state index in [-0.39, 0.29) is 5.91 Å². The fraction of sp³-hybridized carbons (Fsp3) is 0.526. The van der Waals surface area contributed by atoms with Crippen molar-refractivity contribution in [2.45, 2.75) is 38.8 Å². The number of rotatable bonds is 5. The van der Waals surface area contributed by atoms with Gasteiger partial charge in [0.15, 0.2) is 5.16 Å². The van der Waals surface area contributed by atoms with Crippen molar-refractivity contribution in [3.05, 3.63) is 36.2 Å². The number of benzene rings is 1. The number of para-hydroxylation sites is 1. The van der Waals surface area contributed by atoms with Gasteiger partial charge >= 0.3 is 0 Å². The smallest absolute Gasteiger partial charge is 0.233 e. The van der Waals surface area contributed by atoms with Crippen LogP contribution in [0.5, 0.6) is 0 Å². The number of aryl methyl sites for hydroxylation is 1. The van der Waals surface area contributed by atoms with Gasteiger partial charge in [0.2, 0.25) is 5.91 Å². The minimum Gasteiger partial charge on any atom is -0.341 e. The van der Waals surface area contributed by atoms with Gasteiger partial charge in [-0.05, 0) is 36.3 Å². The molecule has 1 aliphatic rings. The van der Waals surface area contributed by atoms with Crippen LogP contribution in [0.3, 0.4) is 0 Å². The molecule has 6 heteroatoms. The molecular weight excluding hydrogens is 332 g/mol. The topological polar surface area (TPSA) is 51.0 Å². The standard InChI is InChI=1S/C19H26N4OS/c1-4-16-7-5-6-8-17(16)23-13-20-21-19(23)25-12-18(24)22-10-14(2)9-15(3)11-22/h5-8,13-15H,4,9-12H2,1-3H3. The monoisotopic (exact) mass is 358 g/mol. The number of piperidine rings is 1. The molecule has 1 aliphatic heterocycles. The quantitative estimate of drug-likeness (QED) is 0.769. The summed E-state index contributed by atoms with van der Waals surface area (Å²) in [6, 6.07) is 8.25. The number of hydrogen-bond donors (Lipinski definition) is 0. The van der Waals surface area contributed by atoms with Crippen molar-refractivity contribution in [3.8, 4) is 5.69 Å². The van der Waals surface area contributed by atoms with Crippen LogP contribution in [-0.4, -0.2) is 44.4 Å². The van der Waals surface area contributed by atoms with Gasteiger partial charge in [-0.25, -0.2) is 0 Å². The van der Waals surface area contributed by atoms with Crippen LogP contribution in [0.1, 0.15) is 32.8 Å². The summed E-state index contributed by atoms with van der Waals surface area (Å²) >= 11 is 1.47. The Balaban J connectivity index is 1.69. The summed E-state index contributed by atoms with van der Waals surface area (Å²) in [6.07, 6.45) is 3.88. The van der Waals surface area contributed by atoms with Crippen LogP contribution in [0, 0.1) is 11.8 Å². The molecule has 1 aromatic carbocycles. The molecule has 2 aromatic rings. The second-order valence-electron chi connectivity index (χ2n) is 7.00. The number of carbonyl (C=O) groups is 1. The SMILES string of the molecule is CCc1ccccc1-n1cnnc1SCC(=O)N1CC(C)CC(C)C1. The highest BCUT2D eigenvalue weighted by Gasteiger charge is 2.25. The second kappa shape index (κ2) is 8.04. The largest absolute Gasteiger partial charge is 0.341 e. The van der Waals surface area contributed by atoms with Crippen LogP contribution < -0.4 is 0 Å². The maximum atomic E-state index is 12.6. The van der Waals surface area contributed by atoms with Crippen molar-refractivity contribution in [2.75, 3.05) is 18.8 Å². The van der Waals surface area contributed by atoms with Crippen LogP contribution >= 0.6 is 11.8 Å². The molecule has 25 heavy (non-hydrogen) atoms. The lowest BCUT2D eigenvalue weighted by molar-refractivity contribution is -0.130. The van der Waals surface area contributed by atoms with E-state index in [9.17, 15) is 4.79 Å². The molecule has 0 bridgehead atoms. The fourth-order valence-electron chi connectivity index (χ4n) is 3.62. The molecule has 0 saturated carbocycles. The van der Waals surface area contributed by atoms with Gasteiger partial charge < -0.3 is 4.90 Å². The Kier molecular flexibility index (Phi) is 5.78. The summed E-state index contributed by atoms with van der Waals surface area (Å²) in [4.78, 5) is 14.6. The first-order chi connectivity index (χ1) is 12.1. The average Bonchev–Trinajstić information content (AvgIpc) is 3.07. The van der Waals surface area contributed by atoms with Crippen molar-refractivity contribution < 1.29 is 4.79 Å². The van der Waals surface area contributed by atoms with Gasteiger partial charge in [-0.15, -0.1) is 10.2 Å². The molecule has 5 nitrogen and oxygen atoms in total. The van der Waals surface area contributed by atoms with Crippen LogP contribution in [0.4, 0.5) is 0 Å². The maximum absolute atomic E-state index is 12.6. The lowest BCUT2D eigenvalue weighted by Crippen LogP contribution is -2.43. The van der Waals surface area contributed by atoms with Gasteiger partial charge in [-0.2, -0.15) is 0 Å². The summed E-state index contributed by atoms with van der Waals surface area (Å²) in [7, 11) is 0. The van der Waals surface area contributed by atoms with E-state index in [0.29, 0.717) is 17.6 Å². The molecule has 134 valence electrons. The van der Waals surface area contributed by atoms with Crippen molar-refractivity contribution in [3.63, 3.8) is 0 Å². The Bertz CT molecular complexity index is 720. The Morgan fingerprint density at radius 1 is 1.24 bits per heavy atom. The molecular formula is C19H26N4OS. The van der Waals surface area contributed by atoms with Crippen molar-refractivity contribution in [1.29, 1.82) is 0 Å². The van der Waals surface area contributed by atoms with E-state index in [1.165, 1.54) is 23.7 Å². The minimum atomic E-state index is 0.196. The molecule has 1 saturated heterocycles. The summed E-state index contributed by atoms with van der Waals surface area (Å²) < 4.78 is 1.98. The number of hydrogen-bond acceptors (Lipinski definition) is 4. The zero-order valence-electron chi connectivity index (χ0n) is 15.2. The van der Waals surface area contributed by atoms with Gasteiger partial charge in [-0.1, -0.05) is 50.7 Å². The van der Waals surface area contributed by atoms with Crippen LogP contribution in [0.25, 0.3) is 5.69 Å². The van der Waals surface area contributed by atoms with E-state index in [1.54, 1.807) is 6.33 Å². The molecule has 2 atom stereocenters. The Morgan fingerprint density at radius 3 is 2.68 bits per heavy atom. The summed E-state index contributed by atoms with van der Waals surface area (Å²) in [6.45, 7) is 8.32. The average molecular weight is 359 g/mol. The molecule has 1 aromatic heterocycles. The third-order valence-corrected chi connectivity index (χ3v) is 5.62. The summed E-state index contributed by atoms with van der Waals surface area (Å²) in [5.41, 5.74) is 2.33. The molecule has 3 rings (SSSR count). The number of carbonyl (C=O) groups excluding carboxylic acids is 1. The number of aromatic nitrogens is 3. The highest BCUT2D eigenvalue weighted by atomic mass is 32.2. The van der Waals surface area contributed by atoms with Crippen LogP contribution in [-0.2, 0) is 11.2 Å². The third kappa shape index (κ3) is 4.24. The summed E-state index contributed by atoms with van der Waals surface area (Å²) in [5.74, 6) is 1.77. The minimum absolute atomic E-state index is 0.196. The van der Waals surface area contributed by atoms with Crippen molar-refractivity contribution in [1.82, 2.24) is 19.7 Å². The molecule has 0 aliphatic carbocycles. The predicted molar refractivity (Wildman–Crippen MR) is 101 cm³/mol. The lowest BCUT2D eigenvalue weighted by Gasteiger charge is -2.34. The third-order valence-electron chi connectivity index (χ3n) is 4.69. The normalized spacial score (nSPS) is 20.7. The molecule has 2 unspecified atom stereocenters. The van der Waals surface area contributed by atoms with E-state index in [0.717, 1.165) is 30.4 Å². The van der Waals surface area contributed by atoms with Gasteiger partial charge in [0, 0.05) is 13.1 Å². The molecule has 2 heterocycles. The molecule has 0 N–H and O–H groups in total. The van der Waals surface area contributed by atoms with Gasteiger partial charge in [-0.3, -0.25) is 9.36 Å². The molecule has 0 spiro atoms. The Hall–Kier alpha value is -1.82. The highest BCUT2D eigenvalue weighted by molar-refractivity contribution is 7.99. The number of thioether (sulfide) groups is 1. The number of amides is 1. The van der Waals surface area contributed by atoms with E-state index >= 15 is 0 Å².